The van der Waals surface area contributed by atoms with Crippen molar-refractivity contribution in [3.8, 4) is 0 Å². The first kappa shape index (κ1) is 18.2. The molecule has 1 fully saturated rings. The summed E-state index contributed by atoms with van der Waals surface area (Å²) in [5.74, 6) is -0.327. The van der Waals surface area contributed by atoms with Gasteiger partial charge in [-0.05, 0) is 33.6 Å². The van der Waals surface area contributed by atoms with Crippen molar-refractivity contribution in [3.63, 3.8) is 0 Å². The van der Waals surface area contributed by atoms with Crippen LogP contribution in [0, 0.1) is 0 Å². The summed E-state index contributed by atoms with van der Waals surface area (Å²) in [6.07, 6.45) is -0.891. The Bertz CT molecular complexity index is 873. The fraction of sp³-hybridized carbons (Fsp3) is 0.500. The third-order valence-electron chi connectivity index (χ3n) is 4.09. The molecule has 2 heterocycles. The number of nitrogens with zero attached hydrogens (tertiary/aromatic N) is 4. The van der Waals surface area contributed by atoms with Crippen LogP contribution in [0.1, 0.15) is 45.2 Å². The van der Waals surface area contributed by atoms with E-state index >= 15 is 0 Å². The SMILES string of the molecule is CC(C)n1ncc(Nc2ncc(C(F)(F)F)c(NC3(C)CC3)n2)cc1=O. The fourth-order valence-corrected chi connectivity index (χ4v) is 2.35. The van der Waals surface area contributed by atoms with Gasteiger partial charge >= 0.3 is 6.18 Å². The number of hydrogen-bond acceptors (Lipinski definition) is 6. The van der Waals surface area contributed by atoms with Gasteiger partial charge in [-0.2, -0.15) is 23.3 Å². The van der Waals surface area contributed by atoms with Crippen LogP contribution in [-0.4, -0.2) is 25.3 Å². The largest absolute Gasteiger partial charge is 0.421 e. The van der Waals surface area contributed by atoms with Gasteiger partial charge in [-0.1, -0.05) is 0 Å². The highest BCUT2D eigenvalue weighted by Gasteiger charge is 2.41. The summed E-state index contributed by atoms with van der Waals surface area (Å²) in [7, 11) is 0. The van der Waals surface area contributed by atoms with Gasteiger partial charge in [0.1, 0.15) is 11.4 Å². The van der Waals surface area contributed by atoms with Crippen molar-refractivity contribution in [1.82, 2.24) is 19.7 Å². The Balaban J connectivity index is 1.90. The third-order valence-corrected chi connectivity index (χ3v) is 4.09. The van der Waals surface area contributed by atoms with Gasteiger partial charge < -0.3 is 10.6 Å². The molecule has 0 aromatic carbocycles. The second-order valence-corrected chi connectivity index (χ2v) is 6.89. The highest BCUT2D eigenvalue weighted by molar-refractivity contribution is 5.56. The second-order valence-electron chi connectivity index (χ2n) is 6.89. The first-order valence-electron chi connectivity index (χ1n) is 8.16. The predicted octanol–water partition coefficient (Wildman–Crippen LogP) is 3.34. The second kappa shape index (κ2) is 6.26. The molecule has 0 atom stereocenters. The molecule has 1 saturated carbocycles. The molecule has 10 heteroatoms. The highest BCUT2D eigenvalue weighted by atomic mass is 19.4. The van der Waals surface area contributed by atoms with Crippen molar-refractivity contribution < 1.29 is 13.2 Å². The van der Waals surface area contributed by atoms with Gasteiger partial charge in [0.2, 0.25) is 5.95 Å². The number of anilines is 3. The topological polar surface area (TPSA) is 84.7 Å². The number of nitrogens with one attached hydrogen (secondary N) is 2. The van der Waals surface area contributed by atoms with E-state index in [1.807, 2.05) is 20.8 Å². The van der Waals surface area contributed by atoms with E-state index in [2.05, 4.69) is 25.7 Å². The molecule has 7 nitrogen and oxygen atoms in total. The van der Waals surface area contributed by atoms with Gasteiger partial charge in [0, 0.05) is 17.8 Å². The summed E-state index contributed by atoms with van der Waals surface area (Å²) in [5.41, 5.74) is -1.34. The minimum atomic E-state index is -4.56. The smallest absolute Gasteiger partial charge is 0.364 e. The summed E-state index contributed by atoms with van der Waals surface area (Å²) < 4.78 is 40.8. The molecule has 0 unspecified atom stereocenters. The van der Waals surface area contributed by atoms with Crippen molar-refractivity contribution in [3.05, 3.63) is 34.4 Å². The third kappa shape index (κ3) is 3.94. The molecular weight excluding hydrogens is 349 g/mol. The highest BCUT2D eigenvalue weighted by Crippen LogP contribution is 2.41. The molecule has 1 aliphatic rings. The number of rotatable bonds is 5. The van der Waals surface area contributed by atoms with Gasteiger partial charge in [0.15, 0.2) is 0 Å². The molecule has 0 aliphatic heterocycles. The van der Waals surface area contributed by atoms with Crippen LogP contribution in [0.15, 0.2) is 23.3 Å². The standard InChI is InChI=1S/C16H19F3N6O/c1-9(2)25-12(26)6-10(7-21-25)22-14-20-8-11(16(17,18)19)13(23-14)24-15(3)4-5-15/h6-9H,4-5H2,1-3H3,(H2,20,22,23,24). The summed E-state index contributed by atoms with van der Waals surface area (Å²) in [6.45, 7) is 5.46. The van der Waals surface area contributed by atoms with Crippen LogP contribution >= 0.6 is 0 Å². The molecule has 0 radical (unpaired) electrons. The lowest BCUT2D eigenvalue weighted by atomic mass is 10.2. The molecule has 3 rings (SSSR count). The molecule has 1 aliphatic carbocycles. The van der Waals surface area contributed by atoms with Crippen LogP contribution in [0.5, 0.6) is 0 Å². The molecule has 0 saturated heterocycles. The normalized spacial score (nSPS) is 15.8. The predicted molar refractivity (Wildman–Crippen MR) is 90.5 cm³/mol. The van der Waals surface area contributed by atoms with Crippen LogP contribution in [0.2, 0.25) is 0 Å². The van der Waals surface area contributed by atoms with E-state index < -0.39 is 11.7 Å². The first-order valence-corrected chi connectivity index (χ1v) is 8.16. The maximum absolute atomic E-state index is 13.2. The summed E-state index contributed by atoms with van der Waals surface area (Å²) in [6, 6.07) is 1.19. The van der Waals surface area contributed by atoms with Crippen molar-refractivity contribution in [2.24, 2.45) is 0 Å². The first-order chi connectivity index (χ1) is 12.1. The van der Waals surface area contributed by atoms with Gasteiger partial charge in [-0.15, -0.1) is 0 Å². The van der Waals surface area contributed by atoms with Crippen molar-refractivity contribution in [2.45, 2.75) is 51.4 Å². The Kier molecular flexibility index (Phi) is 4.37. The monoisotopic (exact) mass is 368 g/mol. The molecule has 2 aromatic heterocycles. The van der Waals surface area contributed by atoms with Crippen LogP contribution in [0.4, 0.5) is 30.6 Å². The van der Waals surface area contributed by atoms with Crippen molar-refractivity contribution >= 4 is 17.5 Å². The van der Waals surface area contributed by atoms with Gasteiger partial charge in [0.25, 0.3) is 5.56 Å². The Labute approximate surface area is 147 Å². The fourth-order valence-electron chi connectivity index (χ4n) is 2.35. The minimum absolute atomic E-state index is 0.0479. The summed E-state index contributed by atoms with van der Waals surface area (Å²) >= 11 is 0. The Morgan fingerprint density at radius 3 is 2.50 bits per heavy atom. The van der Waals surface area contributed by atoms with E-state index in [4.69, 9.17) is 0 Å². The van der Waals surface area contributed by atoms with Crippen LogP contribution in [0.3, 0.4) is 0 Å². The van der Waals surface area contributed by atoms with E-state index in [1.54, 1.807) is 0 Å². The van der Waals surface area contributed by atoms with E-state index in [1.165, 1.54) is 16.9 Å². The zero-order chi connectivity index (χ0) is 19.1. The lowest BCUT2D eigenvalue weighted by Crippen LogP contribution is -2.24. The van der Waals surface area contributed by atoms with E-state index in [0.717, 1.165) is 19.0 Å². The lowest BCUT2D eigenvalue weighted by molar-refractivity contribution is -0.137. The Hall–Kier alpha value is -2.65. The van der Waals surface area contributed by atoms with Crippen LogP contribution in [0.25, 0.3) is 0 Å². The number of aromatic nitrogens is 4. The zero-order valence-corrected chi connectivity index (χ0v) is 14.6. The molecule has 0 spiro atoms. The molecule has 0 amide bonds. The van der Waals surface area contributed by atoms with Gasteiger partial charge in [-0.25, -0.2) is 9.67 Å². The maximum atomic E-state index is 13.2. The van der Waals surface area contributed by atoms with Crippen molar-refractivity contribution in [1.29, 1.82) is 0 Å². The average Bonchev–Trinajstić information content (AvgIpc) is 3.23. The van der Waals surface area contributed by atoms with E-state index in [-0.39, 0.29) is 28.9 Å². The quantitative estimate of drug-likeness (QED) is 0.842. The average molecular weight is 368 g/mol. The van der Waals surface area contributed by atoms with Crippen molar-refractivity contribution in [2.75, 3.05) is 10.6 Å². The lowest BCUT2D eigenvalue weighted by Gasteiger charge is -2.18. The zero-order valence-electron chi connectivity index (χ0n) is 14.6. The molecule has 0 bridgehead atoms. The molecular formula is C16H19F3N6O. The van der Waals surface area contributed by atoms with Crippen LogP contribution in [-0.2, 0) is 6.18 Å². The minimum Gasteiger partial charge on any atom is -0.364 e. The number of halogens is 3. The maximum Gasteiger partial charge on any atom is 0.421 e. The van der Waals surface area contributed by atoms with Crippen LogP contribution < -0.4 is 16.2 Å². The summed E-state index contributed by atoms with van der Waals surface area (Å²) in [4.78, 5) is 19.7. The number of hydrogen-bond donors (Lipinski definition) is 2. The molecule has 2 N–H and O–H groups in total. The summed E-state index contributed by atoms with van der Waals surface area (Å²) in [5, 5.41) is 9.58. The molecule has 2 aromatic rings. The van der Waals surface area contributed by atoms with E-state index in [0.29, 0.717) is 5.69 Å². The van der Waals surface area contributed by atoms with E-state index in [9.17, 15) is 18.0 Å². The Morgan fingerprint density at radius 2 is 1.96 bits per heavy atom. The molecule has 140 valence electrons. The Morgan fingerprint density at radius 1 is 1.27 bits per heavy atom. The van der Waals surface area contributed by atoms with Gasteiger partial charge in [0.05, 0.1) is 17.9 Å². The van der Waals surface area contributed by atoms with Gasteiger partial charge in [-0.3, -0.25) is 4.79 Å². The number of alkyl halides is 3. The molecule has 26 heavy (non-hydrogen) atoms.